The molecule has 1 rings (SSSR count). The summed E-state index contributed by atoms with van der Waals surface area (Å²) >= 11 is 0. The maximum atomic E-state index is 13.3. The molecule has 0 heterocycles. The van der Waals surface area contributed by atoms with Gasteiger partial charge in [0.1, 0.15) is 17.7 Å². The summed E-state index contributed by atoms with van der Waals surface area (Å²) in [7, 11) is 0. The minimum atomic E-state index is -0.212. The molecule has 16 heavy (non-hydrogen) atoms. The minimum Gasteiger partial charge on any atom is -0.489 e. The van der Waals surface area contributed by atoms with Crippen LogP contribution in [0.5, 0.6) is 5.75 Å². The van der Waals surface area contributed by atoms with Crippen molar-refractivity contribution in [3.8, 4) is 5.75 Å². The predicted molar refractivity (Wildman–Crippen MR) is 64.4 cm³/mol. The molecule has 90 valence electrons. The molecular weight excluding hydrogens is 205 g/mol. The molecular formula is C13H20FNO. The fourth-order valence-electron chi connectivity index (χ4n) is 1.41. The van der Waals surface area contributed by atoms with E-state index in [1.54, 1.807) is 13.0 Å². The Labute approximate surface area is 96.8 Å². The quantitative estimate of drug-likeness (QED) is 0.803. The molecule has 1 aromatic rings. The fourth-order valence-corrected chi connectivity index (χ4v) is 1.41. The topological polar surface area (TPSA) is 21.3 Å². The third kappa shape index (κ3) is 3.81. The largest absolute Gasteiger partial charge is 0.489 e. The summed E-state index contributed by atoms with van der Waals surface area (Å²) < 4.78 is 19.0. The number of aryl methyl sites for hydroxylation is 1. The number of rotatable bonds is 6. The molecule has 0 aliphatic heterocycles. The van der Waals surface area contributed by atoms with E-state index in [-0.39, 0.29) is 11.9 Å². The van der Waals surface area contributed by atoms with E-state index in [1.807, 2.05) is 6.07 Å². The Morgan fingerprint density at radius 1 is 1.38 bits per heavy atom. The van der Waals surface area contributed by atoms with Gasteiger partial charge < -0.3 is 10.1 Å². The van der Waals surface area contributed by atoms with Crippen LogP contribution in [0.25, 0.3) is 0 Å². The van der Waals surface area contributed by atoms with Crippen LogP contribution in [-0.2, 0) is 0 Å². The first-order valence-electron chi connectivity index (χ1n) is 5.80. The van der Waals surface area contributed by atoms with Crippen LogP contribution in [0.1, 0.15) is 25.8 Å². The number of hydrogen-bond acceptors (Lipinski definition) is 2. The molecule has 0 amide bonds. The van der Waals surface area contributed by atoms with Crippen molar-refractivity contribution in [2.24, 2.45) is 0 Å². The van der Waals surface area contributed by atoms with E-state index in [1.165, 1.54) is 6.07 Å². The lowest BCUT2D eigenvalue weighted by Crippen LogP contribution is -2.30. The predicted octanol–water partition coefficient (Wildman–Crippen LogP) is 2.90. The van der Waals surface area contributed by atoms with E-state index >= 15 is 0 Å². The first kappa shape index (κ1) is 13.0. The smallest absolute Gasteiger partial charge is 0.129 e. The zero-order valence-electron chi connectivity index (χ0n) is 10.2. The molecule has 0 radical (unpaired) electrons. The van der Waals surface area contributed by atoms with Crippen molar-refractivity contribution < 1.29 is 9.13 Å². The Morgan fingerprint density at radius 2 is 2.12 bits per heavy atom. The molecule has 2 nitrogen and oxygen atoms in total. The fraction of sp³-hybridized carbons (Fsp3) is 0.538. The molecule has 1 aromatic carbocycles. The van der Waals surface area contributed by atoms with Gasteiger partial charge >= 0.3 is 0 Å². The third-order valence-electron chi connectivity index (χ3n) is 2.52. The first-order chi connectivity index (χ1) is 7.67. The molecule has 0 aromatic heterocycles. The van der Waals surface area contributed by atoms with E-state index < -0.39 is 0 Å². The van der Waals surface area contributed by atoms with Crippen LogP contribution in [0.2, 0.25) is 0 Å². The van der Waals surface area contributed by atoms with E-state index in [0.29, 0.717) is 11.3 Å². The molecule has 0 fully saturated rings. The standard InChI is InChI=1S/C13H20FNO/c1-4-11(9-15-5-2)16-12-7-6-10(3)13(14)8-12/h6-8,11,15H,4-5,9H2,1-3H3. The summed E-state index contributed by atoms with van der Waals surface area (Å²) in [5.41, 5.74) is 0.645. The van der Waals surface area contributed by atoms with Gasteiger partial charge in [-0.2, -0.15) is 0 Å². The van der Waals surface area contributed by atoms with E-state index in [9.17, 15) is 4.39 Å². The van der Waals surface area contributed by atoms with Crippen LogP contribution >= 0.6 is 0 Å². The van der Waals surface area contributed by atoms with Crippen molar-refractivity contribution in [3.63, 3.8) is 0 Å². The number of likely N-dealkylation sites (N-methyl/N-ethyl adjacent to an activating group) is 1. The lowest BCUT2D eigenvalue weighted by Gasteiger charge is -2.18. The van der Waals surface area contributed by atoms with Crippen molar-refractivity contribution >= 4 is 0 Å². The average molecular weight is 225 g/mol. The summed E-state index contributed by atoms with van der Waals surface area (Å²) in [6.07, 6.45) is 1.00. The Hall–Kier alpha value is -1.09. The Balaban J connectivity index is 2.59. The highest BCUT2D eigenvalue weighted by Gasteiger charge is 2.08. The highest BCUT2D eigenvalue weighted by molar-refractivity contribution is 5.28. The minimum absolute atomic E-state index is 0.0991. The number of ether oxygens (including phenoxy) is 1. The molecule has 0 aliphatic carbocycles. The molecule has 1 N–H and O–H groups in total. The molecule has 3 heteroatoms. The average Bonchev–Trinajstić information content (AvgIpc) is 2.29. The summed E-state index contributed by atoms with van der Waals surface area (Å²) in [6.45, 7) is 7.57. The van der Waals surface area contributed by atoms with Crippen LogP contribution in [0.3, 0.4) is 0 Å². The van der Waals surface area contributed by atoms with Crippen molar-refractivity contribution in [2.45, 2.75) is 33.3 Å². The second-order valence-corrected chi connectivity index (χ2v) is 3.87. The van der Waals surface area contributed by atoms with Crippen molar-refractivity contribution in [3.05, 3.63) is 29.6 Å². The van der Waals surface area contributed by atoms with Gasteiger partial charge in [-0.15, -0.1) is 0 Å². The number of benzene rings is 1. The summed E-state index contributed by atoms with van der Waals surface area (Å²) in [5, 5.41) is 3.23. The second-order valence-electron chi connectivity index (χ2n) is 3.87. The van der Waals surface area contributed by atoms with Gasteiger partial charge in [-0.05, 0) is 31.5 Å². The maximum Gasteiger partial charge on any atom is 0.129 e. The molecule has 0 saturated heterocycles. The van der Waals surface area contributed by atoms with Crippen LogP contribution in [0, 0.1) is 12.7 Å². The molecule has 0 aliphatic rings. The van der Waals surface area contributed by atoms with E-state index in [4.69, 9.17) is 4.74 Å². The summed E-state index contributed by atoms with van der Waals surface area (Å²) in [6, 6.07) is 5.00. The Morgan fingerprint density at radius 3 is 2.69 bits per heavy atom. The normalized spacial score (nSPS) is 12.5. The lowest BCUT2D eigenvalue weighted by atomic mass is 10.2. The monoisotopic (exact) mass is 225 g/mol. The second kappa shape index (κ2) is 6.48. The van der Waals surface area contributed by atoms with Gasteiger partial charge in [-0.1, -0.05) is 19.9 Å². The van der Waals surface area contributed by atoms with Gasteiger partial charge in [0.25, 0.3) is 0 Å². The SMILES string of the molecule is CCNCC(CC)Oc1ccc(C)c(F)c1. The summed E-state index contributed by atoms with van der Waals surface area (Å²) in [4.78, 5) is 0. The third-order valence-corrected chi connectivity index (χ3v) is 2.52. The van der Waals surface area contributed by atoms with Gasteiger partial charge in [0.05, 0.1) is 0 Å². The van der Waals surface area contributed by atoms with Crippen LogP contribution < -0.4 is 10.1 Å². The van der Waals surface area contributed by atoms with Crippen molar-refractivity contribution in [1.82, 2.24) is 5.32 Å². The highest BCUT2D eigenvalue weighted by atomic mass is 19.1. The molecule has 0 bridgehead atoms. The number of hydrogen-bond donors (Lipinski definition) is 1. The van der Waals surface area contributed by atoms with Crippen LogP contribution in [0.4, 0.5) is 4.39 Å². The summed E-state index contributed by atoms with van der Waals surface area (Å²) in [5.74, 6) is 0.392. The van der Waals surface area contributed by atoms with Gasteiger partial charge in [0.2, 0.25) is 0 Å². The molecule has 0 spiro atoms. The zero-order valence-corrected chi connectivity index (χ0v) is 10.2. The first-order valence-corrected chi connectivity index (χ1v) is 5.80. The van der Waals surface area contributed by atoms with Crippen LogP contribution in [0.15, 0.2) is 18.2 Å². The van der Waals surface area contributed by atoms with E-state index in [2.05, 4.69) is 19.2 Å². The van der Waals surface area contributed by atoms with E-state index in [0.717, 1.165) is 19.5 Å². The van der Waals surface area contributed by atoms with Gasteiger partial charge in [-0.3, -0.25) is 0 Å². The van der Waals surface area contributed by atoms with Crippen molar-refractivity contribution in [1.29, 1.82) is 0 Å². The van der Waals surface area contributed by atoms with Gasteiger partial charge in [0, 0.05) is 12.6 Å². The number of nitrogens with one attached hydrogen (secondary N) is 1. The maximum absolute atomic E-state index is 13.3. The van der Waals surface area contributed by atoms with Gasteiger partial charge in [-0.25, -0.2) is 4.39 Å². The zero-order chi connectivity index (χ0) is 12.0. The van der Waals surface area contributed by atoms with Crippen LogP contribution in [-0.4, -0.2) is 19.2 Å². The lowest BCUT2D eigenvalue weighted by molar-refractivity contribution is 0.193. The molecule has 0 saturated carbocycles. The number of halogens is 1. The Bertz CT molecular complexity index is 328. The van der Waals surface area contributed by atoms with Gasteiger partial charge in [0.15, 0.2) is 0 Å². The Kier molecular flexibility index (Phi) is 5.26. The van der Waals surface area contributed by atoms with Crippen molar-refractivity contribution in [2.75, 3.05) is 13.1 Å². The molecule has 1 unspecified atom stereocenters. The highest BCUT2D eigenvalue weighted by Crippen LogP contribution is 2.17. The molecule has 1 atom stereocenters.